The number of pyridine rings is 1. The maximum atomic E-state index is 9.45. The Morgan fingerprint density at radius 1 is 1.23 bits per heavy atom. The number of hydrogen-bond acceptors (Lipinski definition) is 3. The van der Waals surface area contributed by atoms with Gasteiger partial charge in [-0.15, -0.1) is 0 Å². The van der Waals surface area contributed by atoms with Crippen molar-refractivity contribution in [3.05, 3.63) is 29.4 Å². The molecule has 3 nitrogen and oxygen atoms in total. The summed E-state index contributed by atoms with van der Waals surface area (Å²) in [5.41, 5.74) is 0.477. The van der Waals surface area contributed by atoms with Crippen LogP contribution >= 0.6 is 11.6 Å². The monoisotopic (exact) mass is 195 g/mol. The summed E-state index contributed by atoms with van der Waals surface area (Å²) in [5, 5.41) is 19.5. The van der Waals surface area contributed by atoms with Gasteiger partial charge in [0, 0.05) is 18.3 Å². The lowest BCUT2D eigenvalue weighted by atomic mass is 10.2. The standard InChI is InChI=1S/C9H6ClNO2/c10-6-1-2-11-7-3-5(12)4-8(13)9(6)7/h1-4,12-13H. The molecule has 2 N–H and O–H groups in total. The van der Waals surface area contributed by atoms with Gasteiger partial charge in [0.2, 0.25) is 0 Å². The number of aromatic nitrogens is 1. The summed E-state index contributed by atoms with van der Waals surface area (Å²) in [7, 11) is 0. The molecule has 66 valence electrons. The summed E-state index contributed by atoms with van der Waals surface area (Å²) < 4.78 is 0. The van der Waals surface area contributed by atoms with Crippen LogP contribution in [0.2, 0.25) is 5.02 Å². The van der Waals surface area contributed by atoms with E-state index in [2.05, 4.69) is 4.98 Å². The number of hydrogen-bond donors (Lipinski definition) is 2. The molecule has 0 amide bonds. The smallest absolute Gasteiger partial charge is 0.130 e. The average Bonchev–Trinajstić information content (AvgIpc) is 2.02. The Bertz CT molecular complexity index is 470. The zero-order chi connectivity index (χ0) is 9.42. The van der Waals surface area contributed by atoms with E-state index >= 15 is 0 Å². The van der Waals surface area contributed by atoms with Gasteiger partial charge < -0.3 is 10.2 Å². The number of aromatic hydroxyl groups is 2. The minimum Gasteiger partial charge on any atom is -0.508 e. The first-order valence-electron chi connectivity index (χ1n) is 3.64. The summed E-state index contributed by atoms with van der Waals surface area (Å²) in [4.78, 5) is 3.96. The van der Waals surface area contributed by atoms with Crippen LogP contribution in [0.15, 0.2) is 24.4 Å². The second kappa shape index (κ2) is 2.78. The molecule has 13 heavy (non-hydrogen) atoms. The Kier molecular flexibility index (Phi) is 1.74. The van der Waals surface area contributed by atoms with Crippen molar-refractivity contribution in [1.82, 2.24) is 4.98 Å². The lowest BCUT2D eigenvalue weighted by Gasteiger charge is -2.02. The van der Waals surface area contributed by atoms with Crippen LogP contribution in [-0.4, -0.2) is 15.2 Å². The molecule has 0 saturated carbocycles. The van der Waals surface area contributed by atoms with Crippen LogP contribution in [0, 0.1) is 0 Å². The molecule has 0 saturated heterocycles. The number of phenolic OH excluding ortho intramolecular Hbond substituents is 2. The van der Waals surface area contributed by atoms with Gasteiger partial charge in [-0.3, -0.25) is 4.98 Å². The largest absolute Gasteiger partial charge is 0.508 e. The van der Waals surface area contributed by atoms with Gasteiger partial charge in [0.15, 0.2) is 0 Å². The number of halogens is 1. The topological polar surface area (TPSA) is 53.4 Å². The molecule has 2 rings (SSSR count). The molecule has 2 aromatic rings. The van der Waals surface area contributed by atoms with E-state index in [0.717, 1.165) is 0 Å². The van der Waals surface area contributed by atoms with E-state index in [-0.39, 0.29) is 11.5 Å². The van der Waals surface area contributed by atoms with Crippen molar-refractivity contribution in [1.29, 1.82) is 0 Å². The molecule has 0 radical (unpaired) electrons. The van der Waals surface area contributed by atoms with Crippen molar-refractivity contribution in [2.24, 2.45) is 0 Å². The number of rotatable bonds is 0. The SMILES string of the molecule is Oc1cc(O)c2c(Cl)ccnc2c1. The number of nitrogens with zero attached hydrogens (tertiary/aromatic N) is 1. The Morgan fingerprint density at radius 2 is 2.00 bits per heavy atom. The van der Waals surface area contributed by atoms with Crippen molar-refractivity contribution in [2.45, 2.75) is 0 Å². The summed E-state index contributed by atoms with van der Waals surface area (Å²) >= 11 is 5.83. The quantitative estimate of drug-likeness (QED) is 0.678. The molecular formula is C9H6ClNO2. The van der Waals surface area contributed by atoms with Gasteiger partial charge in [0.05, 0.1) is 15.9 Å². The van der Waals surface area contributed by atoms with E-state index in [9.17, 15) is 5.11 Å². The van der Waals surface area contributed by atoms with Gasteiger partial charge in [-0.1, -0.05) is 11.6 Å². The van der Waals surface area contributed by atoms with Crippen LogP contribution in [0.25, 0.3) is 10.9 Å². The Hall–Kier alpha value is -1.48. The van der Waals surface area contributed by atoms with Crippen LogP contribution in [0.5, 0.6) is 11.5 Å². The maximum Gasteiger partial charge on any atom is 0.130 e. The molecule has 0 aliphatic heterocycles. The van der Waals surface area contributed by atoms with Crippen molar-refractivity contribution >= 4 is 22.5 Å². The molecular weight excluding hydrogens is 190 g/mol. The lowest BCUT2D eigenvalue weighted by Crippen LogP contribution is -1.80. The molecule has 1 aromatic carbocycles. The van der Waals surface area contributed by atoms with E-state index in [1.807, 2.05) is 0 Å². The van der Waals surface area contributed by atoms with Crippen LogP contribution < -0.4 is 0 Å². The molecule has 4 heteroatoms. The highest BCUT2D eigenvalue weighted by Gasteiger charge is 2.06. The third kappa shape index (κ3) is 1.27. The van der Waals surface area contributed by atoms with Gasteiger partial charge in [0.25, 0.3) is 0 Å². The summed E-state index contributed by atoms with van der Waals surface area (Å²) in [5.74, 6) is -0.0899. The van der Waals surface area contributed by atoms with Crippen LogP contribution in [0.4, 0.5) is 0 Å². The normalized spacial score (nSPS) is 10.5. The fourth-order valence-corrected chi connectivity index (χ4v) is 1.46. The maximum absolute atomic E-state index is 9.45. The van der Waals surface area contributed by atoms with E-state index in [1.54, 1.807) is 6.07 Å². The zero-order valence-corrected chi connectivity index (χ0v) is 7.28. The molecule has 0 aliphatic rings. The van der Waals surface area contributed by atoms with Gasteiger partial charge in [-0.2, -0.15) is 0 Å². The zero-order valence-electron chi connectivity index (χ0n) is 6.53. The van der Waals surface area contributed by atoms with Crippen molar-refractivity contribution < 1.29 is 10.2 Å². The Balaban J connectivity index is 2.94. The van der Waals surface area contributed by atoms with E-state index in [4.69, 9.17) is 16.7 Å². The summed E-state index contributed by atoms with van der Waals surface area (Å²) in [6.45, 7) is 0. The predicted molar refractivity (Wildman–Crippen MR) is 50.1 cm³/mol. The third-order valence-corrected chi connectivity index (χ3v) is 2.07. The molecule has 0 atom stereocenters. The number of phenols is 2. The number of benzene rings is 1. The van der Waals surface area contributed by atoms with Gasteiger partial charge in [-0.05, 0) is 6.07 Å². The highest BCUT2D eigenvalue weighted by Crippen LogP contribution is 2.33. The van der Waals surface area contributed by atoms with Gasteiger partial charge in [-0.25, -0.2) is 0 Å². The first-order valence-corrected chi connectivity index (χ1v) is 4.02. The van der Waals surface area contributed by atoms with Crippen molar-refractivity contribution in [3.63, 3.8) is 0 Å². The lowest BCUT2D eigenvalue weighted by molar-refractivity contribution is 0.455. The summed E-state index contributed by atoms with van der Waals surface area (Å²) in [6, 6.07) is 4.26. The van der Waals surface area contributed by atoms with Crippen LogP contribution in [0.3, 0.4) is 0 Å². The highest BCUT2D eigenvalue weighted by atomic mass is 35.5. The minimum atomic E-state index is -0.0619. The Labute approximate surface area is 79.2 Å². The van der Waals surface area contributed by atoms with Crippen LogP contribution in [-0.2, 0) is 0 Å². The second-order valence-corrected chi connectivity index (χ2v) is 3.06. The average molecular weight is 196 g/mol. The van der Waals surface area contributed by atoms with E-state index in [0.29, 0.717) is 15.9 Å². The van der Waals surface area contributed by atoms with Gasteiger partial charge in [0.1, 0.15) is 11.5 Å². The first-order chi connectivity index (χ1) is 6.18. The first kappa shape index (κ1) is 8.13. The fourth-order valence-electron chi connectivity index (χ4n) is 1.21. The summed E-state index contributed by atoms with van der Waals surface area (Å²) in [6.07, 6.45) is 1.52. The molecule has 0 unspecified atom stereocenters. The Morgan fingerprint density at radius 3 is 2.77 bits per heavy atom. The molecule has 1 heterocycles. The van der Waals surface area contributed by atoms with E-state index in [1.165, 1.54) is 18.3 Å². The van der Waals surface area contributed by atoms with E-state index < -0.39 is 0 Å². The molecule has 0 spiro atoms. The van der Waals surface area contributed by atoms with Gasteiger partial charge >= 0.3 is 0 Å². The molecule has 0 aliphatic carbocycles. The van der Waals surface area contributed by atoms with Crippen LogP contribution in [0.1, 0.15) is 0 Å². The molecule has 0 bridgehead atoms. The molecule has 1 aromatic heterocycles. The highest BCUT2D eigenvalue weighted by molar-refractivity contribution is 6.35. The van der Waals surface area contributed by atoms with Crippen molar-refractivity contribution in [3.8, 4) is 11.5 Å². The minimum absolute atomic E-state index is 0.0280. The second-order valence-electron chi connectivity index (χ2n) is 2.65. The number of fused-ring (bicyclic) bond motifs is 1. The predicted octanol–water partition coefficient (Wildman–Crippen LogP) is 2.30. The molecule has 0 fully saturated rings. The fraction of sp³-hybridized carbons (Fsp3) is 0. The van der Waals surface area contributed by atoms with Crippen molar-refractivity contribution in [2.75, 3.05) is 0 Å². The third-order valence-electron chi connectivity index (χ3n) is 1.75.